The largest absolute Gasteiger partial charge is 0.331 e. The molecule has 0 unspecified atom stereocenters. The van der Waals surface area contributed by atoms with Crippen molar-refractivity contribution < 1.29 is 0 Å². The van der Waals surface area contributed by atoms with Gasteiger partial charge < -0.3 is 9.88 Å². The molecule has 1 rings (SSSR count). The third-order valence-corrected chi connectivity index (χ3v) is 2.79. The summed E-state index contributed by atoms with van der Waals surface area (Å²) in [6, 6.07) is 0. The molecule has 3 nitrogen and oxygen atoms in total. The Balaban J connectivity index is 2.65. The lowest BCUT2D eigenvalue weighted by atomic mass is 10.1. The number of hydrogen-bond acceptors (Lipinski definition) is 2. The fourth-order valence-electron chi connectivity index (χ4n) is 1.79. The van der Waals surface area contributed by atoms with Crippen molar-refractivity contribution in [2.45, 2.75) is 46.6 Å². The van der Waals surface area contributed by atoms with Gasteiger partial charge in [0.15, 0.2) is 0 Å². The number of nitrogens with zero attached hydrogens (tertiary/aromatic N) is 2. The van der Waals surface area contributed by atoms with Crippen LogP contribution in [0.15, 0.2) is 18.1 Å². The van der Waals surface area contributed by atoms with Gasteiger partial charge in [0.25, 0.3) is 0 Å². The maximum Gasteiger partial charge on any atom is 0.0950 e. The van der Waals surface area contributed by atoms with Crippen LogP contribution in [-0.4, -0.2) is 22.6 Å². The first-order valence-electron chi connectivity index (χ1n) is 6.72. The molecule has 0 atom stereocenters. The molecular formula is C14H25N3. The molecule has 0 saturated carbocycles. The Kier molecular flexibility index (Phi) is 6.63. The predicted octanol–water partition coefficient (Wildman–Crippen LogP) is 3.09. The molecule has 0 aromatic carbocycles. The highest BCUT2D eigenvalue weighted by Gasteiger charge is 2.00. The lowest BCUT2D eigenvalue weighted by molar-refractivity contribution is 0.671. The minimum Gasteiger partial charge on any atom is -0.331 e. The number of aryl methyl sites for hydroxylation is 1. The molecular weight excluding hydrogens is 210 g/mol. The highest BCUT2D eigenvalue weighted by atomic mass is 15.0. The zero-order valence-corrected chi connectivity index (χ0v) is 11.4. The molecule has 0 radical (unpaired) electrons. The molecule has 17 heavy (non-hydrogen) atoms. The zero-order valence-electron chi connectivity index (χ0n) is 11.4. The minimum absolute atomic E-state index is 0.988. The van der Waals surface area contributed by atoms with E-state index in [1.54, 1.807) is 0 Å². The van der Waals surface area contributed by atoms with Gasteiger partial charge in [-0.25, -0.2) is 4.98 Å². The lowest BCUT2D eigenvalue weighted by Gasteiger charge is -2.08. The molecule has 0 fully saturated rings. The van der Waals surface area contributed by atoms with Crippen molar-refractivity contribution in [3.63, 3.8) is 0 Å². The summed E-state index contributed by atoms with van der Waals surface area (Å²) >= 11 is 0. The average molecular weight is 235 g/mol. The first kappa shape index (κ1) is 14.0. The van der Waals surface area contributed by atoms with Crippen LogP contribution < -0.4 is 5.32 Å². The van der Waals surface area contributed by atoms with Crippen LogP contribution in [0, 0.1) is 0 Å². The van der Waals surface area contributed by atoms with E-state index < -0.39 is 0 Å². The Hall–Kier alpha value is -1.09. The van der Waals surface area contributed by atoms with Crippen molar-refractivity contribution in [2.24, 2.45) is 0 Å². The second kappa shape index (κ2) is 8.07. The summed E-state index contributed by atoms with van der Waals surface area (Å²) in [5.41, 5.74) is 2.67. The third kappa shape index (κ3) is 4.73. The van der Waals surface area contributed by atoms with Gasteiger partial charge in [-0.1, -0.05) is 26.3 Å². The molecule has 0 saturated heterocycles. The van der Waals surface area contributed by atoms with Gasteiger partial charge in [0, 0.05) is 13.1 Å². The summed E-state index contributed by atoms with van der Waals surface area (Å²) < 4.78 is 2.22. The van der Waals surface area contributed by atoms with Crippen molar-refractivity contribution >= 4 is 6.08 Å². The van der Waals surface area contributed by atoms with E-state index in [0.29, 0.717) is 0 Å². The Labute approximate surface area is 105 Å². The summed E-state index contributed by atoms with van der Waals surface area (Å²) in [5.74, 6) is 0. The van der Waals surface area contributed by atoms with E-state index in [1.807, 2.05) is 12.5 Å². The second-order valence-electron chi connectivity index (χ2n) is 4.34. The summed E-state index contributed by atoms with van der Waals surface area (Å²) in [6.45, 7) is 9.72. The van der Waals surface area contributed by atoms with Crippen molar-refractivity contribution in [3.05, 3.63) is 23.8 Å². The Morgan fingerprint density at radius 3 is 2.82 bits per heavy atom. The second-order valence-corrected chi connectivity index (χ2v) is 4.34. The van der Waals surface area contributed by atoms with E-state index >= 15 is 0 Å². The SMILES string of the molecule is CCCNCC(=Cc1cncn1CCC)CC. The smallest absolute Gasteiger partial charge is 0.0950 e. The van der Waals surface area contributed by atoms with Gasteiger partial charge in [-0.2, -0.15) is 0 Å². The summed E-state index contributed by atoms with van der Waals surface area (Å²) in [5, 5.41) is 3.45. The number of aromatic nitrogens is 2. The normalized spacial score (nSPS) is 12.1. The fourth-order valence-corrected chi connectivity index (χ4v) is 1.79. The van der Waals surface area contributed by atoms with Crippen molar-refractivity contribution in [1.82, 2.24) is 14.9 Å². The van der Waals surface area contributed by atoms with E-state index in [1.165, 1.54) is 17.7 Å². The predicted molar refractivity (Wildman–Crippen MR) is 73.9 cm³/mol. The third-order valence-electron chi connectivity index (χ3n) is 2.79. The highest BCUT2D eigenvalue weighted by Crippen LogP contribution is 2.09. The quantitative estimate of drug-likeness (QED) is 0.702. The summed E-state index contributed by atoms with van der Waals surface area (Å²) in [6.07, 6.45) is 9.56. The molecule has 1 N–H and O–H groups in total. The number of imidazole rings is 1. The van der Waals surface area contributed by atoms with Gasteiger partial charge in [-0.3, -0.25) is 0 Å². The van der Waals surface area contributed by atoms with Gasteiger partial charge in [0.05, 0.1) is 18.2 Å². The molecule has 3 heteroatoms. The van der Waals surface area contributed by atoms with Crippen LogP contribution in [0.25, 0.3) is 6.08 Å². The zero-order chi connectivity index (χ0) is 12.5. The topological polar surface area (TPSA) is 29.9 Å². The van der Waals surface area contributed by atoms with Crippen molar-refractivity contribution in [3.8, 4) is 0 Å². The van der Waals surface area contributed by atoms with Crippen LogP contribution in [0.2, 0.25) is 0 Å². The van der Waals surface area contributed by atoms with Gasteiger partial charge in [0.1, 0.15) is 0 Å². The number of hydrogen-bond donors (Lipinski definition) is 1. The van der Waals surface area contributed by atoms with E-state index in [-0.39, 0.29) is 0 Å². The van der Waals surface area contributed by atoms with Crippen molar-refractivity contribution in [1.29, 1.82) is 0 Å². The molecule has 1 heterocycles. The fraction of sp³-hybridized carbons (Fsp3) is 0.643. The summed E-state index contributed by atoms with van der Waals surface area (Å²) in [7, 11) is 0. The van der Waals surface area contributed by atoms with Crippen LogP contribution in [-0.2, 0) is 6.54 Å². The molecule has 0 aliphatic heterocycles. The molecule has 0 spiro atoms. The maximum atomic E-state index is 4.22. The lowest BCUT2D eigenvalue weighted by Crippen LogP contribution is -2.17. The van der Waals surface area contributed by atoms with Gasteiger partial charge in [-0.15, -0.1) is 0 Å². The summed E-state index contributed by atoms with van der Waals surface area (Å²) in [4.78, 5) is 4.22. The number of nitrogens with one attached hydrogen (secondary N) is 1. The molecule has 96 valence electrons. The van der Waals surface area contributed by atoms with Crippen LogP contribution in [0.3, 0.4) is 0 Å². The van der Waals surface area contributed by atoms with Crippen LogP contribution >= 0.6 is 0 Å². The minimum atomic E-state index is 0.988. The van der Waals surface area contributed by atoms with Gasteiger partial charge in [0.2, 0.25) is 0 Å². The Bertz CT molecular complexity index is 339. The highest BCUT2D eigenvalue weighted by molar-refractivity contribution is 5.49. The molecule has 0 aliphatic carbocycles. The van der Waals surface area contributed by atoms with Crippen LogP contribution in [0.1, 0.15) is 45.7 Å². The first-order chi connectivity index (χ1) is 8.31. The maximum absolute atomic E-state index is 4.22. The van der Waals surface area contributed by atoms with Crippen LogP contribution in [0.5, 0.6) is 0 Å². The molecule has 1 aromatic heterocycles. The van der Waals surface area contributed by atoms with E-state index in [4.69, 9.17) is 0 Å². The monoisotopic (exact) mass is 235 g/mol. The van der Waals surface area contributed by atoms with E-state index in [9.17, 15) is 0 Å². The Morgan fingerprint density at radius 2 is 2.18 bits per heavy atom. The number of rotatable bonds is 8. The van der Waals surface area contributed by atoms with E-state index in [0.717, 1.165) is 32.5 Å². The first-order valence-corrected chi connectivity index (χ1v) is 6.72. The standard InChI is InChI=1S/C14H25N3/c1-4-7-15-10-13(6-3)9-14-11-16-12-17(14)8-5-2/h9,11-12,15H,4-8,10H2,1-3H3. The molecule has 0 bridgehead atoms. The van der Waals surface area contributed by atoms with Crippen molar-refractivity contribution in [2.75, 3.05) is 13.1 Å². The van der Waals surface area contributed by atoms with Gasteiger partial charge in [-0.05, 0) is 31.9 Å². The molecule has 0 amide bonds. The average Bonchev–Trinajstić information content (AvgIpc) is 2.76. The van der Waals surface area contributed by atoms with Gasteiger partial charge >= 0.3 is 0 Å². The molecule has 1 aromatic rings. The van der Waals surface area contributed by atoms with Crippen LogP contribution in [0.4, 0.5) is 0 Å². The van der Waals surface area contributed by atoms with E-state index in [2.05, 4.69) is 41.7 Å². The Morgan fingerprint density at radius 1 is 1.35 bits per heavy atom. The molecule has 0 aliphatic rings.